The molecule has 9 nitrogen and oxygen atoms in total. The van der Waals surface area contributed by atoms with Gasteiger partial charge in [0, 0.05) is 5.92 Å². The van der Waals surface area contributed by atoms with Crippen LogP contribution < -0.4 is 5.73 Å². The molecule has 1 fully saturated rings. The van der Waals surface area contributed by atoms with Crippen molar-refractivity contribution in [2.75, 3.05) is 13.2 Å². The molecule has 0 aliphatic heterocycles. The zero-order chi connectivity index (χ0) is 18.0. The van der Waals surface area contributed by atoms with Crippen LogP contribution in [0, 0.1) is 37.0 Å². The Bertz CT molecular complexity index is 535. The van der Waals surface area contributed by atoms with Gasteiger partial charge in [-0.15, -0.1) is 20.2 Å². The van der Waals surface area contributed by atoms with E-state index in [0.29, 0.717) is 13.0 Å². The van der Waals surface area contributed by atoms with E-state index in [2.05, 4.69) is 18.7 Å². The molecule has 136 valence electrons. The third-order valence-corrected chi connectivity index (χ3v) is 5.00. The normalized spacial score (nSPS) is 29.3. The first kappa shape index (κ1) is 18.4. The van der Waals surface area contributed by atoms with E-state index < -0.39 is 22.9 Å². The van der Waals surface area contributed by atoms with Gasteiger partial charge in [0.1, 0.15) is 12.7 Å². The second-order valence-corrected chi connectivity index (χ2v) is 7.81. The van der Waals surface area contributed by atoms with Crippen LogP contribution in [0.2, 0.25) is 0 Å². The highest BCUT2D eigenvalue weighted by Gasteiger charge is 2.46. The zero-order valence-corrected chi connectivity index (χ0v) is 14.1. The average Bonchev–Trinajstić information content (AvgIpc) is 2.40. The fourth-order valence-corrected chi connectivity index (χ4v) is 4.72. The van der Waals surface area contributed by atoms with Gasteiger partial charge in [0.05, 0.1) is 0 Å². The van der Waals surface area contributed by atoms with Crippen LogP contribution in [-0.4, -0.2) is 29.4 Å². The summed E-state index contributed by atoms with van der Waals surface area (Å²) in [7, 11) is 0. The predicted molar refractivity (Wildman–Crippen MR) is 84.7 cm³/mol. The van der Waals surface area contributed by atoms with Crippen LogP contribution in [0.5, 0.6) is 0 Å². The SMILES string of the molecule is CC1(C)CC2=CC(C(CO[N+](=O)[O-])O[N+](=O)[O-])CC(CCN)(C2)C1. The van der Waals surface area contributed by atoms with E-state index in [0.717, 1.165) is 25.7 Å². The lowest BCUT2D eigenvalue weighted by atomic mass is 9.55. The second-order valence-electron chi connectivity index (χ2n) is 7.81. The molecule has 0 spiro atoms. The summed E-state index contributed by atoms with van der Waals surface area (Å²) in [5.41, 5.74) is 7.16. The van der Waals surface area contributed by atoms with E-state index in [-0.39, 0.29) is 16.7 Å². The summed E-state index contributed by atoms with van der Waals surface area (Å²) in [4.78, 5) is 30.3. The summed E-state index contributed by atoms with van der Waals surface area (Å²) in [6.45, 7) is 4.52. The maximum atomic E-state index is 10.8. The van der Waals surface area contributed by atoms with E-state index in [4.69, 9.17) is 10.6 Å². The van der Waals surface area contributed by atoms with Crippen LogP contribution in [0.1, 0.15) is 46.0 Å². The van der Waals surface area contributed by atoms with Crippen molar-refractivity contribution >= 4 is 0 Å². The second kappa shape index (κ2) is 6.92. The molecule has 0 saturated heterocycles. The third kappa shape index (κ3) is 4.56. The minimum Gasteiger partial charge on any atom is -0.330 e. The predicted octanol–water partition coefficient (Wildman–Crippen LogP) is 2.26. The molecule has 2 bridgehead atoms. The zero-order valence-electron chi connectivity index (χ0n) is 14.1. The molecule has 3 atom stereocenters. The molecular formula is C15H25N3O6. The van der Waals surface area contributed by atoms with Crippen LogP contribution in [0.15, 0.2) is 11.6 Å². The van der Waals surface area contributed by atoms with Crippen LogP contribution in [-0.2, 0) is 9.68 Å². The molecule has 3 unspecified atom stereocenters. The van der Waals surface area contributed by atoms with Crippen LogP contribution in [0.3, 0.4) is 0 Å². The maximum Gasteiger partial charge on any atom is 0.294 e. The lowest BCUT2D eigenvalue weighted by Crippen LogP contribution is -2.44. The number of allylic oxidation sites excluding steroid dienone is 1. The lowest BCUT2D eigenvalue weighted by Gasteiger charge is -2.51. The van der Waals surface area contributed by atoms with Gasteiger partial charge >= 0.3 is 0 Å². The Balaban J connectivity index is 2.24. The van der Waals surface area contributed by atoms with E-state index in [1.165, 1.54) is 5.57 Å². The molecule has 24 heavy (non-hydrogen) atoms. The molecular weight excluding hydrogens is 318 g/mol. The Kier molecular flexibility index (Phi) is 5.32. The van der Waals surface area contributed by atoms with Gasteiger partial charge in [-0.25, -0.2) is 0 Å². The Morgan fingerprint density at radius 3 is 2.62 bits per heavy atom. The molecule has 2 aliphatic rings. The van der Waals surface area contributed by atoms with Gasteiger partial charge in [-0.1, -0.05) is 25.5 Å². The summed E-state index contributed by atoms with van der Waals surface area (Å²) >= 11 is 0. The van der Waals surface area contributed by atoms with Crippen molar-refractivity contribution in [1.82, 2.24) is 0 Å². The van der Waals surface area contributed by atoms with Gasteiger partial charge < -0.3 is 15.4 Å². The van der Waals surface area contributed by atoms with Gasteiger partial charge in [0.2, 0.25) is 0 Å². The Morgan fingerprint density at radius 2 is 2.04 bits per heavy atom. The molecule has 9 heteroatoms. The summed E-state index contributed by atoms with van der Waals surface area (Å²) in [6, 6.07) is 0. The molecule has 0 aromatic heterocycles. The molecule has 0 amide bonds. The van der Waals surface area contributed by atoms with Crippen LogP contribution in [0.25, 0.3) is 0 Å². The van der Waals surface area contributed by atoms with E-state index in [1.807, 2.05) is 6.08 Å². The smallest absolute Gasteiger partial charge is 0.294 e. The Labute approximate surface area is 140 Å². The molecule has 1 saturated carbocycles. The van der Waals surface area contributed by atoms with Crippen molar-refractivity contribution in [3.05, 3.63) is 31.9 Å². The third-order valence-electron chi connectivity index (χ3n) is 5.00. The fraction of sp³-hybridized carbons (Fsp3) is 0.867. The summed E-state index contributed by atoms with van der Waals surface area (Å²) in [5, 5.41) is 19.4. The topological polar surface area (TPSA) is 131 Å². The quantitative estimate of drug-likeness (QED) is 0.406. The molecule has 0 aromatic carbocycles. The Morgan fingerprint density at radius 1 is 1.33 bits per heavy atom. The van der Waals surface area contributed by atoms with Crippen molar-refractivity contribution in [2.24, 2.45) is 22.5 Å². The lowest BCUT2D eigenvalue weighted by molar-refractivity contribution is -0.791. The van der Waals surface area contributed by atoms with Gasteiger partial charge in [-0.05, 0) is 49.5 Å². The summed E-state index contributed by atoms with van der Waals surface area (Å²) < 4.78 is 0. The fourth-order valence-electron chi connectivity index (χ4n) is 4.72. The first-order chi connectivity index (χ1) is 11.1. The first-order valence-electron chi connectivity index (χ1n) is 8.13. The van der Waals surface area contributed by atoms with Crippen molar-refractivity contribution in [3.8, 4) is 0 Å². The van der Waals surface area contributed by atoms with E-state index in [9.17, 15) is 20.2 Å². The number of rotatable bonds is 8. The standard InChI is InChI=1S/C15H25N3O6/c1-14(2)6-11-5-12(8-15(7-11,10-14)3-4-16)13(24-18(21)22)9-23-17(19)20/h5,12-13H,3-4,6-10,16H2,1-2H3. The van der Waals surface area contributed by atoms with Crippen molar-refractivity contribution in [1.29, 1.82) is 0 Å². The van der Waals surface area contributed by atoms with Gasteiger partial charge in [0.15, 0.2) is 0 Å². The van der Waals surface area contributed by atoms with Crippen LogP contribution in [0.4, 0.5) is 0 Å². The highest BCUT2D eigenvalue weighted by molar-refractivity contribution is 5.20. The highest BCUT2D eigenvalue weighted by atomic mass is 17.0. The number of fused-ring (bicyclic) bond motifs is 2. The van der Waals surface area contributed by atoms with E-state index in [1.54, 1.807) is 0 Å². The minimum atomic E-state index is -0.987. The molecule has 0 aromatic rings. The van der Waals surface area contributed by atoms with Crippen LogP contribution >= 0.6 is 0 Å². The summed E-state index contributed by atoms with van der Waals surface area (Å²) in [6.07, 6.45) is 5.32. The maximum absolute atomic E-state index is 10.8. The number of nitrogens with two attached hydrogens (primary N) is 1. The number of hydrogen-bond donors (Lipinski definition) is 1. The van der Waals surface area contributed by atoms with Gasteiger partial charge in [-0.2, -0.15) is 0 Å². The molecule has 2 aliphatic carbocycles. The molecule has 0 radical (unpaired) electrons. The van der Waals surface area contributed by atoms with Crippen molar-refractivity contribution < 1.29 is 19.8 Å². The van der Waals surface area contributed by atoms with Crippen molar-refractivity contribution in [2.45, 2.75) is 52.1 Å². The van der Waals surface area contributed by atoms with Crippen molar-refractivity contribution in [3.63, 3.8) is 0 Å². The Hall–Kier alpha value is -1.90. The molecule has 2 N–H and O–H groups in total. The highest BCUT2D eigenvalue weighted by Crippen LogP contribution is 2.56. The first-order valence-corrected chi connectivity index (χ1v) is 8.13. The summed E-state index contributed by atoms with van der Waals surface area (Å²) in [5.74, 6) is -0.290. The van der Waals surface area contributed by atoms with Gasteiger partial charge in [-0.3, -0.25) is 0 Å². The van der Waals surface area contributed by atoms with Gasteiger partial charge in [0.25, 0.3) is 10.2 Å². The minimum absolute atomic E-state index is 0.0297. The van der Waals surface area contributed by atoms with E-state index >= 15 is 0 Å². The number of hydrogen-bond acceptors (Lipinski definition) is 7. The molecule has 2 rings (SSSR count). The number of nitrogens with zero attached hydrogens (tertiary/aromatic N) is 2. The largest absolute Gasteiger partial charge is 0.330 e. The average molecular weight is 343 g/mol. The monoisotopic (exact) mass is 343 g/mol. The molecule has 0 heterocycles.